The second-order valence-electron chi connectivity index (χ2n) is 13.5. The molecule has 9 nitrogen and oxygen atoms in total. The minimum absolute atomic E-state index is 0.114. The summed E-state index contributed by atoms with van der Waals surface area (Å²) >= 11 is 0. The molecule has 230 valence electrons. The first kappa shape index (κ1) is 27.4. The number of ether oxygens (including phenoxy) is 6. The Balaban J connectivity index is 1.17. The number of carbonyl (C=O) groups excluding carboxylic acids is 1. The average molecular weight is 591 g/mol. The van der Waals surface area contributed by atoms with Crippen molar-refractivity contribution in [3.05, 3.63) is 47.5 Å². The minimum atomic E-state index is -0.762. The van der Waals surface area contributed by atoms with E-state index in [1.165, 1.54) is 25.7 Å². The number of hydrogen-bond acceptors (Lipinski definition) is 7. The number of hydrogen-bond donors (Lipinski definition) is 0. The van der Waals surface area contributed by atoms with Gasteiger partial charge in [0.15, 0.2) is 28.8 Å². The van der Waals surface area contributed by atoms with Gasteiger partial charge in [-0.15, -0.1) is 0 Å². The zero-order chi connectivity index (χ0) is 29.1. The van der Waals surface area contributed by atoms with Crippen LogP contribution in [0.4, 0.5) is 4.79 Å². The van der Waals surface area contributed by atoms with Crippen LogP contribution in [0, 0.1) is 11.8 Å². The highest BCUT2D eigenvalue weighted by molar-refractivity contribution is 5.76. The zero-order valence-corrected chi connectivity index (χ0v) is 25.2. The van der Waals surface area contributed by atoms with Crippen molar-refractivity contribution in [2.24, 2.45) is 11.8 Å². The lowest BCUT2D eigenvalue weighted by atomic mass is 9.90. The highest BCUT2D eigenvalue weighted by Gasteiger charge is 2.56. The van der Waals surface area contributed by atoms with Crippen molar-refractivity contribution in [3.8, 4) is 23.0 Å². The summed E-state index contributed by atoms with van der Waals surface area (Å²) in [6.45, 7) is 7.70. The van der Waals surface area contributed by atoms with Crippen LogP contribution in [0.25, 0.3) is 0 Å². The third-order valence-electron chi connectivity index (χ3n) is 9.62. The van der Waals surface area contributed by atoms with Crippen LogP contribution in [0.3, 0.4) is 0 Å². The predicted octanol–water partition coefficient (Wildman–Crippen LogP) is 4.83. The van der Waals surface area contributed by atoms with Crippen molar-refractivity contribution in [2.75, 3.05) is 39.5 Å². The number of nitrogens with zero attached hydrogens (tertiary/aromatic N) is 2. The molecule has 0 bridgehead atoms. The second-order valence-corrected chi connectivity index (χ2v) is 13.5. The molecule has 2 aromatic rings. The van der Waals surface area contributed by atoms with Gasteiger partial charge in [0, 0.05) is 13.1 Å². The molecule has 9 heteroatoms. The fourth-order valence-corrected chi connectivity index (χ4v) is 7.17. The quantitative estimate of drug-likeness (QED) is 0.436. The Hall–Kier alpha value is -3.17. The fourth-order valence-electron chi connectivity index (χ4n) is 7.17. The van der Waals surface area contributed by atoms with Gasteiger partial charge in [-0.2, -0.15) is 0 Å². The Morgan fingerprint density at radius 1 is 0.651 bits per heavy atom. The number of amides is 2. The van der Waals surface area contributed by atoms with Crippen LogP contribution in [0.15, 0.2) is 36.4 Å². The van der Waals surface area contributed by atoms with Crippen molar-refractivity contribution >= 4 is 6.03 Å². The van der Waals surface area contributed by atoms with E-state index in [0.29, 0.717) is 51.1 Å². The van der Waals surface area contributed by atoms with Gasteiger partial charge in [0.05, 0.1) is 12.1 Å². The molecule has 4 atom stereocenters. The Morgan fingerprint density at radius 2 is 1.07 bits per heavy atom. The molecule has 2 amide bonds. The fraction of sp³-hybridized carbons (Fsp3) is 0.618. The van der Waals surface area contributed by atoms with Crippen LogP contribution in [-0.2, 0) is 22.3 Å². The third-order valence-corrected chi connectivity index (χ3v) is 9.62. The Bertz CT molecular complexity index is 1270. The number of benzene rings is 2. The normalized spacial score (nSPS) is 29.3. The molecule has 2 saturated carbocycles. The number of carbonyl (C=O) groups is 1. The molecule has 2 aliphatic carbocycles. The lowest BCUT2D eigenvalue weighted by Gasteiger charge is -2.37. The van der Waals surface area contributed by atoms with E-state index in [0.717, 1.165) is 47.2 Å². The second kappa shape index (κ2) is 10.8. The summed E-state index contributed by atoms with van der Waals surface area (Å²) in [6, 6.07) is 12.1. The van der Waals surface area contributed by atoms with Gasteiger partial charge in [0.1, 0.15) is 38.6 Å². The molecular formula is C34H42N2O7. The maximum absolute atomic E-state index is 14.8. The van der Waals surface area contributed by atoms with E-state index in [4.69, 9.17) is 28.4 Å². The Labute approximate surface area is 253 Å². The van der Waals surface area contributed by atoms with Crippen LogP contribution in [0.5, 0.6) is 23.0 Å². The number of rotatable bonds is 8. The molecule has 0 spiro atoms. The van der Waals surface area contributed by atoms with Crippen LogP contribution in [0.2, 0.25) is 0 Å². The highest BCUT2D eigenvalue weighted by atomic mass is 16.8. The molecular weight excluding hydrogens is 548 g/mol. The standard InChI is InChI=1S/C34H42N2O7/c1-34(2)42-31-25(15-23-7-9-27-29(17-23)40-13-11-38-27)35(19-21-3-4-21)33(37)36(20-22-5-6-22)26(32(31)43-34)16-24-8-10-28-30(18-24)41-14-12-39-28/h7-10,17-18,21-22,25-26,31-32H,3-6,11-16,19-20H2,1-2H3/t25-,26-,31+,32+/m1/s1. The van der Waals surface area contributed by atoms with E-state index in [9.17, 15) is 4.79 Å². The lowest BCUT2D eigenvalue weighted by molar-refractivity contribution is -0.157. The zero-order valence-electron chi connectivity index (χ0n) is 25.2. The van der Waals surface area contributed by atoms with Crippen LogP contribution in [0.1, 0.15) is 50.7 Å². The summed E-state index contributed by atoms with van der Waals surface area (Å²) in [5.74, 6) is 3.40. The number of urea groups is 1. The van der Waals surface area contributed by atoms with E-state index >= 15 is 0 Å². The topological polar surface area (TPSA) is 78.9 Å². The van der Waals surface area contributed by atoms with Crippen LogP contribution in [-0.4, -0.2) is 85.4 Å². The molecule has 4 heterocycles. The molecule has 0 unspecified atom stereocenters. The van der Waals surface area contributed by atoms with Gasteiger partial charge < -0.3 is 38.2 Å². The SMILES string of the molecule is CC1(C)O[C@@H]2[C@@H](O1)[C@@H](Cc1ccc3c(c1)OCCO3)N(CC1CC1)C(=O)N(CC1CC1)[C@@H]2Cc1ccc2c(c1)OCCO2. The van der Waals surface area contributed by atoms with Crippen molar-refractivity contribution in [1.82, 2.24) is 9.80 Å². The van der Waals surface area contributed by atoms with Gasteiger partial charge in [0.25, 0.3) is 0 Å². The van der Waals surface area contributed by atoms with Gasteiger partial charge >= 0.3 is 6.03 Å². The summed E-state index contributed by atoms with van der Waals surface area (Å²) in [7, 11) is 0. The summed E-state index contributed by atoms with van der Waals surface area (Å²) in [6.07, 6.45) is 5.42. The molecule has 43 heavy (non-hydrogen) atoms. The van der Waals surface area contributed by atoms with Crippen LogP contribution < -0.4 is 18.9 Å². The van der Waals surface area contributed by atoms with Gasteiger partial charge in [-0.25, -0.2) is 4.79 Å². The minimum Gasteiger partial charge on any atom is -0.486 e. The first-order chi connectivity index (χ1) is 20.9. The van der Waals surface area contributed by atoms with E-state index in [2.05, 4.69) is 34.1 Å². The maximum atomic E-state index is 14.8. The Kier molecular flexibility index (Phi) is 6.86. The van der Waals surface area contributed by atoms with Gasteiger partial charge in [-0.05, 0) is 99.6 Å². The molecule has 0 radical (unpaired) electrons. The Morgan fingerprint density at radius 3 is 1.49 bits per heavy atom. The maximum Gasteiger partial charge on any atom is 0.320 e. The molecule has 0 aromatic heterocycles. The summed E-state index contributed by atoms with van der Waals surface area (Å²) < 4.78 is 37.0. The predicted molar refractivity (Wildman–Crippen MR) is 158 cm³/mol. The van der Waals surface area contributed by atoms with E-state index < -0.39 is 5.79 Å². The highest BCUT2D eigenvalue weighted by Crippen LogP contribution is 2.44. The molecule has 8 rings (SSSR count). The smallest absolute Gasteiger partial charge is 0.320 e. The summed E-state index contributed by atoms with van der Waals surface area (Å²) in [5.41, 5.74) is 2.21. The van der Waals surface area contributed by atoms with Crippen LogP contribution >= 0.6 is 0 Å². The molecule has 2 saturated heterocycles. The monoisotopic (exact) mass is 590 g/mol. The first-order valence-electron chi connectivity index (χ1n) is 16.1. The van der Waals surface area contributed by atoms with Crippen molar-refractivity contribution in [3.63, 3.8) is 0 Å². The molecule has 6 aliphatic rings. The van der Waals surface area contributed by atoms with Crippen molar-refractivity contribution in [1.29, 1.82) is 0 Å². The van der Waals surface area contributed by atoms with Gasteiger partial charge in [0.2, 0.25) is 0 Å². The molecule has 0 N–H and O–H groups in total. The van der Waals surface area contributed by atoms with E-state index in [1.807, 2.05) is 26.0 Å². The van der Waals surface area contributed by atoms with Crippen molar-refractivity contribution in [2.45, 2.75) is 82.5 Å². The largest absolute Gasteiger partial charge is 0.486 e. The molecule has 2 aromatic carbocycles. The number of fused-ring (bicyclic) bond motifs is 3. The van der Waals surface area contributed by atoms with E-state index in [-0.39, 0.29) is 30.3 Å². The van der Waals surface area contributed by atoms with E-state index in [1.54, 1.807) is 0 Å². The lowest BCUT2D eigenvalue weighted by Crippen LogP contribution is -2.53. The molecule has 4 aliphatic heterocycles. The third kappa shape index (κ3) is 5.62. The average Bonchev–Trinajstić information content (AvgIpc) is 3.95. The summed E-state index contributed by atoms with van der Waals surface area (Å²) in [4.78, 5) is 19.1. The summed E-state index contributed by atoms with van der Waals surface area (Å²) in [5, 5.41) is 0. The molecule has 4 fully saturated rings. The van der Waals surface area contributed by atoms with Gasteiger partial charge in [-0.1, -0.05) is 12.1 Å². The van der Waals surface area contributed by atoms with Gasteiger partial charge in [-0.3, -0.25) is 0 Å². The van der Waals surface area contributed by atoms with Crippen molar-refractivity contribution < 1.29 is 33.2 Å². The first-order valence-corrected chi connectivity index (χ1v) is 16.1.